The maximum atomic E-state index is 12.7. The predicted octanol–water partition coefficient (Wildman–Crippen LogP) is 3.22. The van der Waals surface area contributed by atoms with Gasteiger partial charge in [-0.3, -0.25) is 9.00 Å². The summed E-state index contributed by atoms with van der Waals surface area (Å²) >= 11 is 0. The van der Waals surface area contributed by atoms with Crippen molar-refractivity contribution in [1.82, 2.24) is 4.90 Å². The molecule has 124 valence electrons. The number of furan rings is 1. The Bertz CT molecular complexity index is 681. The van der Waals surface area contributed by atoms with Crippen molar-refractivity contribution in [3.8, 4) is 0 Å². The van der Waals surface area contributed by atoms with E-state index in [1.165, 1.54) is 48.9 Å². The van der Waals surface area contributed by atoms with Crippen LogP contribution >= 0.6 is 0 Å². The third kappa shape index (κ3) is 4.95. The zero-order valence-electron chi connectivity index (χ0n) is 12.2. The predicted molar refractivity (Wildman–Crippen MR) is 78.3 cm³/mol. The molecule has 1 atom stereocenters. The Hall–Kier alpha value is -2.09. The second kappa shape index (κ2) is 6.99. The first kappa shape index (κ1) is 17.3. The summed E-state index contributed by atoms with van der Waals surface area (Å²) < 4.78 is 54.5. The Labute approximate surface area is 133 Å². The lowest BCUT2D eigenvalue weighted by atomic mass is 10.2. The van der Waals surface area contributed by atoms with E-state index in [0.29, 0.717) is 9.80 Å². The number of amides is 1. The molecule has 4 nitrogen and oxygen atoms in total. The molecule has 1 aromatic heterocycles. The quantitative estimate of drug-likeness (QED) is 0.836. The van der Waals surface area contributed by atoms with E-state index in [1.54, 1.807) is 0 Å². The fourth-order valence-corrected chi connectivity index (χ4v) is 2.50. The summed E-state index contributed by atoms with van der Waals surface area (Å²) in [6.07, 6.45) is -1.71. The van der Waals surface area contributed by atoms with Crippen molar-refractivity contribution in [3.63, 3.8) is 0 Å². The molecular weight excluding hydrogens is 331 g/mol. The van der Waals surface area contributed by atoms with Crippen LogP contribution in [-0.4, -0.2) is 34.0 Å². The summed E-state index contributed by atoms with van der Waals surface area (Å²) in [7, 11) is -1.22. The van der Waals surface area contributed by atoms with E-state index in [0.717, 1.165) is 0 Å². The van der Waals surface area contributed by atoms with Crippen molar-refractivity contribution >= 4 is 16.7 Å². The molecule has 0 spiro atoms. The average molecular weight is 345 g/mol. The first-order valence-electron chi connectivity index (χ1n) is 6.58. The molecule has 0 bridgehead atoms. The van der Waals surface area contributed by atoms with E-state index in [9.17, 15) is 22.2 Å². The normalized spacial score (nSPS) is 12.9. The number of rotatable bonds is 5. The van der Waals surface area contributed by atoms with Gasteiger partial charge < -0.3 is 9.32 Å². The van der Waals surface area contributed by atoms with Crippen molar-refractivity contribution in [1.29, 1.82) is 0 Å². The van der Waals surface area contributed by atoms with Crippen molar-refractivity contribution in [3.05, 3.63) is 54.0 Å². The molecule has 0 saturated carbocycles. The molecular formula is C15H14F3NO3S. The lowest BCUT2D eigenvalue weighted by Gasteiger charge is -2.23. The Morgan fingerprint density at radius 2 is 1.87 bits per heavy atom. The van der Waals surface area contributed by atoms with Crippen molar-refractivity contribution < 1.29 is 26.6 Å². The van der Waals surface area contributed by atoms with Crippen molar-refractivity contribution in [2.24, 2.45) is 0 Å². The minimum absolute atomic E-state index is 0.0926. The van der Waals surface area contributed by atoms with E-state index in [-0.39, 0.29) is 17.9 Å². The highest BCUT2D eigenvalue weighted by Gasteiger charge is 2.33. The van der Waals surface area contributed by atoms with Gasteiger partial charge in [-0.1, -0.05) is 0 Å². The van der Waals surface area contributed by atoms with Gasteiger partial charge in [-0.05, 0) is 36.4 Å². The molecule has 8 heteroatoms. The van der Waals surface area contributed by atoms with Gasteiger partial charge in [0.1, 0.15) is 12.3 Å². The van der Waals surface area contributed by atoms with Crippen LogP contribution in [0, 0.1) is 0 Å². The average Bonchev–Trinajstić information content (AvgIpc) is 2.97. The molecule has 0 aliphatic carbocycles. The summed E-state index contributed by atoms with van der Waals surface area (Å²) in [5.74, 6) is -0.513. The number of hydrogen-bond donors (Lipinski definition) is 0. The Morgan fingerprint density at radius 1 is 1.22 bits per heavy atom. The molecule has 0 fully saturated rings. The van der Waals surface area contributed by atoms with Crippen LogP contribution in [0.1, 0.15) is 16.1 Å². The van der Waals surface area contributed by atoms with Gasteiger partial charge in [0.15, 0.2) is 0 Å². The second-order valence-electron chi connectivity index (χ2n) is 4.83. The number of nitrogens with zero attached hydrogens (tertiary/aromatic N) is 1. The second-order valence-corrected chi connectivity index (χ2v) is 6.21. The molecule has 2 rings (SSSR count). The van der Waals surface area contributed by atoms with Crippen LogP contribution in [0.25, 0.3) is 0 Å². The van der Waals surface area contributed by atoms with Crippen LogP contribution in [-0.2, 0) is 17.3 Å². The zero-order chi connectivity index (χ0) is 17.0. The highest BCUT2D eigenvalue weighted by atomic mass is 32.2. The van der Waals surface area contributed by atoms with Crippen LogP contribution in [0.15, 0.2) is 52.0 Å². The highest BCUT2D eigenvalue weighted by molar-refractivity contribution is 7.84. The van der Waals surface area contributed by atoms with Gasteiger partial charge in [0.2, 0.25) is 0 Å². The molecule has 0 aliphatic rings. The Morgan fingerprint density at radius 3 is 2.35 bits per heavy atom. The highest BCUT2D eigenvalue weighted by Crippen LogP contribution is 2.20. The minimum atomic E-state index is -4.52. The number of carbonyl (C=O) groups excluding carboxylic acids is 1. The summed E-state index contributed by atoms with van der Waals surface area (Å²) in [6.45, 7) is -1.67. The topological polar surface area (TPSA) is 50.5 Å². The first-order chi connectivity index (χ1) is 10.8. The molecule has 0 unspecified atom stereocenters. The molecule has 0 saturated heterocycles. The fraction of sp³-hybridized carbons (Fsp3) is 0.267. The fourth-order valence-electron chi connectivity index (χ4n) is 1.98. The molecule has 0 aliphatic heterocycles. The Kier molecular flexibility index (Phi) is 5.25. The molecule has 23 heavy (non-hydrogen) atoms. The first-order valence-corrected chi connectivity index (χ1v) is 8.14. The third-order valence-corrected chi connectivity index (χ3v) is 3.95. The van der Waals surface area contributed by atoms with Crippen LogP contribution in [0.4, 0.5) is 13.2 Å². The van der Waals surface area contributed by atoms with Gasteiger partial charge in [0, 0.05) is 27.5 Å². The number of hydrogen-bond acceptors (Lipinski definition) is 3. The van der Waals surface area contributed by atoms with Crippen LogP contribution < -0.4 is 0 Å². The van der Waals surface area contributed by atoms with E-state index in [4.69, 9.17) is 4.42 Å². The van der Waals surface area contributed by atoms with Crippen LogP contribution in [0.2, 0.25) is 0 Å². The maximum Gasteiger partial charge on any atom is 0.406 e. The smallest absolute Gasteiger partial charge is 0.406 e. The zero-order valence-corrected chi connectivity index (χ0v) is 13.0. The van der Waals surface area contributed by atoms with Gasteiger partial charge >= 0.3 is 6.18 Å². The van der Waals surface area contributed by atoms with Gasteiger partial charge in [0.05, 0.1) is 12.8 Å². The maximum absolute atomic E-state index is 12.7. The summed E-state index contributed by atoms with van der Waals surface area (Å²) in [5.41, 5.74) is 0.0926. The number of alkyl halides is 3. The molecule has 1 aromatic carbocycles. The number of halogens is 3. The van der Waals surface area contributed by atoms with E-state index in [1.807, 2.05) is 0 Å². The minimum Gasteiger partial charge on any atom is -0.467 e. The van der Waals surface area contributed by atoms with Gasteiger partial charge in [-0.15, -0.1) is 0 Å². The van der Waals surface area contributed by atoms with E-state index in [2.05, 4.69) is 0 Å². The number of carbonyl (C=O) groups is 1. The molecule has 1 heterocycles. The summed E-state index contributed by atoms with van der Waals surface area (Å²) in [5, 5.41) is 0. The molecule has 2 aromatic rings. The van der Waals surface area contributed by atoms with Crippen molar-refractivity contribution in [2.75, 3.05) is 12.8 Å². The van der Waals surface area contributed by atoms with E-state index >= 15 is 0 Å². The third-order valence-electron chi connectivity index (χ3n) is 3.02. The lowest BCUT2D eigenvalue weighted by Crippen LogP contribution is -2.38. The van der Waals surface area contributed by atoms with Gasteiger partial charge in [-0.25, -0.2) is 0 Å². The monoisotopic (exact) mass is 345 g/mol. The molecule has 1 amide bonds. The summed E-state index contributed by atoms with van der Waals surface area (Å²) in [4.78, 5) is 13.5. The van der Waals surface area contributed by atoms with Crippen molar-refractivity contribution in [2.45, 2.75) is 17.6 Å². The molecule has 0 N–H and O–H groups in total. The lowest BCUT2D eigenvalue weighted by molar-refractivity contribution is -0.142. The van der Waals surface area contributed by atoms with E-state index < -0.39 is 29.4 Å². The van der Waals surface area contributed by atoms with Crippen LogP contribution in [0.5, 0.6) is 0 Å². The summed E-state index contributed by atoms with van der Waals surface area (Å²) in [6, 6.07) is 8.69. The standard InChI is InChI=1S/C15H14F3NO3S/c1-23(21)13-6-4-11(5-7-13)14(20)19(10-15(16,17)18)9-12-3-2-8-22-12/h2-8H,9-10H2,1H3/t23-/m1/s1. The van der Waals surface area contributed by atoms with Gasteiger partial charge in [0.25, 0.3) is 5.91 Å². The SMILES string of the molecule is C[S@@](=O)c1ccc(C(=O)N(Cc2ccco2)CC(F)(F)F)cc1. The van der Waals surface area contributed by atoms with Crippen LogP contribution in [0.3, 0.4) is 0 Å². The molecule has 0 radical (unpaired) electrons. The Balaban J connectivity index is 2.22. The van der Waals surface area contributed by atoms with Gasteiger partial charge in [-0.2, -0.15) is 13.2 Å². The number of benzene rings is 1. The largest absolute Gasteiger partial charge is 0.467 e.